The maximum atomic E-state index is 6.05. The number of hydrogen-bond donors (Lipinski definition) is 1. The summed E-state index contributed by atoms with van der Waals surface area (Å²) in [5.74, 6) is 0.531. The summed E-state index contributed by atoms with van der Waals surface area (Å²) in [7, 11) is 1.73. The van der Waals surface area contributed by atoms with Gasteiger partial charge in [-0.15, -0.1) is 0 Å². The highest BCUT2D eigenvalue weighted by atomic mass is 16.5. The number of aryl methyl sites for hydroxylation is 1. The number of anilines is 1. The van der Waals surface area contributed by atoms with Gasteiger partial charge in [0.2, 0.25) is 5.95 Å². The van der Waals surface area contributed by atoms with E-state index in [-0.39, 0.29) is 5.60 Å². The fourth-order valence-corrected chi connectivity index (χ4v) is 2.64. The Morgan fingerprint density at radius 2 is 2.37 bits per heavy atom. The molecular weight excluding hydrogens is 242 g/mol. The van der Waals surface area contributed by atoms with Gasteiger partial charge in [-0.2, -0.15) is 0 Å². The van der Waals surface area contributed by atoms with Crippen LogP contribution < -0.4 is 5.73 Å². The molecule has 1 aliphatic rings. The van der Waals surface area contributed by atoms with Crippen LogP contribution in [0.1, 0.15) is 12.0 Å². The summed E-state index contributed by atoms with van der Waals surface area (Å²) in [5, 5.41) is 0. The highest BCUT2D eigenvalue weighted by molar-refractivity contribution is 5.79. The van der Waals surface area contributed by atoms with Crippen LogP contribution in [0.2, 0.25) is 0 Å². The van der Waals surface area contributed by atoms with E-state index in [9.17, 15) is 0 Å². The summed E-state index contributed by atoms with van der Waals surface area (Å²) in [5.41, 5.74) is 8.94. The van der Waals surface area contributed by atoms with Gasteiger partial charge in [-0.25, -0.2) is 4.98 Å². The average Bonchev–Trinajstić information content (AvgIpc) is 2.98. The minimum Gasteiger partial charge on any atom is -0.378 e. The number of imidazole rings is 1. The minimum atomic E-state index is -0.286. The van der Waals surface area contributed by atoms with Crippen molar-refractivity contribution in [3.8, 4) is 0 Å². The van der Waals surface area contributed by atoms with Crippen molar-refractivity contribution in [2.24, 2.45) is 0 Å². The van der Waals surface area contributed by atoms with Crippen molar-refractivity contribution in [2.45, 2.75) is 25.5 Å². The largest absolute Gasteiger partial charge is 0.378 e. The van der Waals surface area contributed by atoms with Crippen LogP contribution in [0.4, 0.5) is 5.95 Å². The van der Waals surface area contributed by atoms with Gasteiger partial charge in [0.1, 0.15) is 5.60 Å². The van der Waals surface area contributed by atoms with Gasteiger partial charge >= 0.3 is 0 Å². The Kier molecular flexibility index (Phi) is 2.95. The molecule has 0 saturated carbocycles. The lowest BCUT2D eigenvalue weighted by Gasteiger charge is -2.26. The molecule has 5 heteroatoms. The number of hydrogen-bond acceptors (Lipinski definition) is 4. The topological polar surface area (TPSA) is 62.3 Å². The fourth-order valence-electron chi connectivity index (χ4n) is 2.64. The van der Waals surface area contributed by atoms with Crippen molar-refractivity contribution in [1.29, 1.82) is 0 Å². The Hall–Kier alpha value is -1.59. The summed E-state index contributed by atoms with van der Waals surface area (Å²) < 4.78 is 13.2. The van der Waals surface area contributed by atoms with E-state index >= 15 is 0 Å². The normalized spacial score (nSPS) is 23.3. The predicted octanol–water partition coefficient (Wildman–Crippen LogP) is 1.73. The number of nitrogens with two attached hydrogens (primary N) is 1. The number of aromatic nitrogens is 2. The number of methoxy groups -OCH3 is 1. The maximum absolute atomic E-state index is 6.05. The highest BCUT2D eigenvalue weighted by Gasteiger charge is 2.36. The van der Waals surface area contributed by atoms with Gasteiger partial charge in [0, 0.05) is 20.1 Å². The van der Waals surface area contributed by atoms with Crippen LogP contribution in [0.5, 0.6) is 0 Å². The first-order chi connectivity index (χ1) is 9.13. The first-order valence-electron chi connectivity index (χ1n) is 6.49. The Labute approximate surface area is 112 Å². The molecular formula is C14H19N3O2. The standard InChI is InChI=1S/C14H19N3O2/c1-10-3-4-11-12(7-10)17(13(15)16-11)8-14(18-2)5-6-19-9-14/h3-4,7H,5-6,8-9H2,1-2H3,(H2,15,16). The van der Waals surface area contributed by atoms with Gasteiger partial charge in [-0.3, -0.25) is 0 Å². The van der Waals surface area contributed by atoms with E-state index in [0.29, 0.717) is 19.1 Å². The van der Waals surface area contributed by atoms with Crippen LogP contribution in [-0.4, -0.2) is 35.5 Å². The Bertz CT molecular complexity index is 600. The molecule has 0 aliphatic carbocycles. The Balaban J connectivity index is 2.04. The highest BCUT2D eigenvalue weighted by Crippen LogP contribution is 2.28. The van der Waals surface area contributed by atoms with Crippen LogP contribution in [0.25, 0.3) is 11.0 Å². The number of ether oxygens (including phenoxy) is 2. The molecule has 5 nitrogen and oxygen atoms in total. The zero-order valence-electron chi connectivity index (χ0n) is 11.3. The summed E-state index contributed by atoms with van der Waals surface area (Å²) in [6.07, 6.45) is 0.883. The van der Waals surface area contributed by atoms with Gasteiger partial charge in [0.05, 0.1) is 24.2 Å². The molecule has 2 heterocycles. The molecule has 1 saturated heterocycles. The van der Waals surface area contributed by atoms with Crippen molar-refractivity contribution in [1.82, 2.24) is 9.55 Å². The Morgan fingerprint density at radius 1 is 1.53 bits per heavy atom. The first-order valence-corrected chi connectivity index (χ1v) is 6.49. The van der Waals surface area contributed by atoms with E-state index in [4.69, 9.17) is 15.2 Å². The number of benzene rings is 1. The second-order valence-corrected chi connectivity index (χ2v) is 5.24. The lowest BCUT2D eigenvalue weighted by molar-refractivity contribution is -0.0283. The van der Waals surface area contributed by atoms with Crippen LogP contribution in [-0.2, 0) is 16.0 Å². The van der Waals surface area contributed by atoms with Crippen molar-refractivity contribution in [3.05, 3.63) is 23.8 Å². The lowest BCUT2D eigenvalue weighted by Crippen LogP contribution is -2.37. The summed E-state index contributed by atoms with van der Waals surface area (Å²) in [6, 6.07) is 6.16. The summed E-state index contributed by atoms with van der Waals surface area (Å²) in [6.45, 7) is 4.08. The third kappa shape index (κ3) is 2.09. The molecule has 1 aromatic carbocycles. The lowest BCUT2D eigenvalue weighted by atomic mass is 10.0. The van der Waals surface area contributed by atoms with Crippen LogP contribution in [0.3, 0.4) is 0 Å². The SMILES string of the molecule is COC1(Cn2c(N)nc3ccc(C)cc32)CCOC1. The van der Waals surface area contributed by atoms with E-state index in [0.717, 1.165) is 24.1 Å². The van der Waals surface area contributed by atoms with Gasteiger partial charge in [0.25, 0.3) is 0 Å². The molecule has 1 atom stereocenters. The van der Waals surface area contributed by atoms with Crippen molar-refractivity contribution in [2.75, 3.05) is 26.1 Å². The molecule has 1 aliphatic heterocycles. The van der Waals surface area contributed by atoms with E-state index in [1.807, 2.05) is 16.7 Å². The molecule has 2 N–H and O–H groups in total. The minimum absolute atomic E-state index is 0.286. The number of nitrogen functional groups attached to an aromatic ring is 1. The molecule has 1 fully saturated rings. The molecule has 102 valence electrons. The molecule has 0 amide bonds. The second kappa shape index (κ2) is 4.51. The molecule has 1 unspecified atom stereocenters. The van der Waals surface area contributed by atoms with Crippen LogP contribution >= 0.6 is 0 Å². The third-order valence-corrected chi connectivity index (χ3v) is 3.88. The van der Waals surface area contributed by atoms with Crippen LogP contribution in [0, 0.1) is 6.92 Å². The summed E-state index contributed by atoms with van der Waals surface area (Å²) in [4.78, 5) is 4.41. The quantitative estimate of drug-likeness (QED) is 0.914. The van der Waals surface area contributed by atoms with Gasteiger partial charge in [-0.1, -0.05) is 6.07 Å². The molecule has 3 rings (SSSR count). The van der Waals surface area contributed by atoms with E-state index in [1.54, 1.807) is 7.11 Å². The van der Waals surface area contributed by atoms with Crippen molar-refractivity contribution < 1.29 is 9.47 Å². The maximum Gasteiger partial charge on any atom is 0.201 e. The van der Waals surface area contributed by atoms with E-state index in [2.05, 4.69) is 18.0 Å². The molecule has 19 heavy (non-hydrogen) atoms. The molecule has 0 spiro atoms. The number of nitrogens with zero attached hydrogens (tertiary/aromatic N) is 2. The van der Waals surface area contributed by atoms with E-state index in [1.165, 1.54) is 5.56 Å². The molecule has 0 radical (unpaired) electrons. The zero-order chi connectivity index (χ0) is 13.5. The molecule has 1 aromatic heterocycles. The van der Waals surface area contributed by atoms with Crippen molar-refractivity contribution >= 4 is 17.0 Å². The smallest absolute Gasteiger partial charge is 0.201 e. The molecule has 2 aromatic rings. The first kappa shape index (κ1) is 12.4. The Morgan fingerprint density at radius 3 is 3.05 bits per heavy atom. The predicted molar refractivity (Wildman–Crippen MR) is 74.1 cm³/mol. The second-order valence-electron chi connectivity index (χ2n) is 5.24. The van der Waals surface area contributed by atoms with Gasteiger partial charge in [0.15, 0.2) is 0 Å². The van der Waals surface area contributed by atoms with E-state index < -0.39 is 0 Å². The summed E-state index contributed by atoms with van der Waals surface area (Å²) >= 11 is 0. The van der Waals surface area contributed by atoms with Gasteiger partial charge < -0.3 is 19.8 Å². The van der Waals surface area contributed by atoms with Crippen molar-refractivity contribution in [3.63, 3.8) is 0 Å². The number of rotatable bonds is 3. The fraction of sp³-hybridized carbons (Fsp3) is 0.500. The molecule has 0 bridgehead atoms. The third-order valence-electron chi connectivity index (χ3n) is 3.88. The monoisotopic (exact) mass is 261 g/mol. The number of fused-ring (bicyclic) bond motifs is 1. The zero-order valence-corrected chi connectivity index (χ0v) is 11.3. The van der Waals surface area contributed by atoms with Crippen LogP contribution in [0.15, 0.2) is 18.2 Å². The van der Waals surface area contributed by atoms with Gasteiger partial charge in [-0.05, 0) is 24.6 Å². The average molecular weight is 261 g/mol.